The van der Waals surface area contributed by atoms with Crippen LogP contribution in [0.1, 0.15) is 43.2 Å². The summed E-state index contributed by atoms with van der Waals surface area (Å²) in [6.45, 7) is 0.906. The van der Waals surface area contributed by atoms with Crippen LogP contribution >= 0.6 is 12.4 Å². The zero-order valence-corrected chi connectivity index (χ0v) is 14.7. The van der Waals surface area contributed by atoms with Gasteiger partial charge < -0.3 is 14.7 Å². The smallest absolute Gasteiger partial charge is 0.119 e. The summed E-state index contributed by atoms with van der Waals surface area (Å²) in [5.74, 6) is 0.899. The second-order valence-corrected chi connectivity index (χ2v) is 7.11. The van der Waals surface area contributed by atoms with Gasteiger partial charge in [0.15, 0.2) is 0 Å². The van der Waals surface area contributed by atoms with Crippen LogP contribution in [0, 0.1) is 0 Å². The Morgan fingerprint density at radius 2 is 1.86 bits per heavy atom. The van der Waals surface area contributed by atoms with E-state index in [2.05, 4.69) is 31.1 Å². The molecule has 0 bridgehead atoms. The highest BCUT2D eigenvalue weighted by molar-refractivity contribution is 5.85. The van der Waals surface area contributed by atoms with Crippen molar-refractivity contribution in [1.82, 2.24) is 4.90 Å². The number of halogens is 1. The average molecular weight is 326 g/mol. The zero-order valence-electron chi connectivity index (χ0n) is 13.9. The predicted octanol–water partition coefficient (Wildman–Crippen LogP) is 3.17. The largest absolute Gasteiger partial charge is 0.497 e. The Labute approximate surface area is 140 Å². The first-order valence-electron chi connectivity index (χ1n) is 8.05. The van der Waals surface area contributed by atoms with Crippen molar-refractivity contribution in [1.29, 1.82) is 0 Å². The van der Waals surface area contributed by atoms with Crippen molar-refractivity contribution in [2.45, 2.75) is 49.5 Å². The molecule has 0 saturated heterocycles. The van der Waals surface area contributed by atoms with E-state index in [1.54, 1.807) is 7.11 Å². The van der Waals surface area contributed by atoms with Crippen molar-refractivity contribution in [2.24, 2.45) is 0 Å². The fourth-order valence-electron chi connectivity index (χ4n) is 4.45. The number of ether oxygens (including phenoxy) is 1. The van der Waals surface area contributed by atoms with Gasteiger partial charge in [0.1, 0.15) is 5.75 Å². The van der Waals surface area contributed by atoms with Crippen molar-refractivity contribution < 1.29 is 9.84 Å². The molecule has 124 valence electrons. The lowest BCUT2D eigenvalue weighted by Crippen LogP contribution is -2.63. The van der Waals surface area contributed by atoms with E-state index < -0.39 is 5.60 Å². The Bertz CT molecular complexity index is 526. The monoisotopic (exact) mass is 325 g/mol. The van der Waals surface area contributed by atoms with Gasteiger partial charge in [-0.2, -0.15) is 0 Å². The summed E-state index contributed by atoms with van der Waals surface area (Å²) in [6, 6.07) is 6.34. The molecule has 1 fully saturated rings. The molecule has 0 aromatic heterocycles. The molecule has 1 aromatic rings. The third kappa shape index (κ3) is 2.64. The third-order valence-electron chi connectivity index (χ3n) is 5.48. The highest BCUT2D eigenvalue weighted by atomic mass is 35.5. The van der Waals surface area contributed by atoms with Crippen molar-refractivity contribution >= 4 is 12.4 Å². The van der Waals surface area contributed by atoms with Crippen molar-refractivity contribution in [3.05, 3.63) is 29.3 Å². The normalized spacial score (nSPS) is 25.9. The minimum absolute atomic E-state index is 0. The van der Waals surface area contributed by atoms with Gasteiger partial charge in [-0.1, -0.05) is 25.3 Å². The molecule has 1 saturated carbocycles. The van der Waals surface area contributed by atoms with Crippen LogP contribution in [0.4, 0.5) is 0 Å². The number of aliphatic hydroxyl groups is 1. The molecule has 0 spiro atoms. The summed E-state index contributed by atoms with van der Waals surface area (Å²) < 4.78 is 5.41. The molecule has 2 aliphatic carbocycles. The Morgan fingerprint density at radius 3 is 2.45 bits per heavy atom. The fourth-order valence-corrected chi connectivity index (χ4v) is 4.45. The quantitative estimate of drug-likeness (QED) is 0.923. The lowest BCUT2D eigenvalue weighted by molar-refractivity contribution is -0.0870. The second-order valence-electron chi connectivity index (χ2n) is 7.11. The van der Waals surface area contributed by atoms with Crippen LogP contribution in [0.25, 0.3) is 0 Å². The molecular formula is C18H28ClNO2. The number of nitrogens with zero attached hydrogens (tertiary/aromatic N) is 1. The van der Waals surface area contributed by atoms with E-state index in [-0.39, 0.29) is 17.8 Å². The molecule has 1 atom stereocenters. The van der Waals surface area contributed by atoms with E-state index in [0.29, 0.717) is 0 Å². The van der Waals surface area contributed by atoms with Gasteiger partial charge in [0.2, 0.25) is 0 Å². The van der Waals surface area contributed by atoms with Gasteiger partial charge in [-0.3, -0.25) is 0 Å². The Morgan fingerprint density at radius 1 is 1.18 bits per heavy atom. The van der Waals surface area contributed by atoms with E-state index in [0.717, 1.165) is 44.4 Å². The topological polar surface area (TPSA) is 32.7 Å². The van der Waals surface area contributed by atoms with Crippen LogP contribution in [-0.4, -0.2) is 43.4 Å². The van der Waals surface area contributed by atoms with Crippen LogP contribution in [-0.2, 0) is 11.8 Å². The molecule has 1 unspecified atom stereocenters. The maximum absolute atomic E-state index is 11.4. The number of methoxy groups -OCH3 is 1. The third-order valence-corrected chi connectivity index (χ3v) is 5.48. The summed E-state index contributed by atoms with van der Waals surface area (Å²) in [6.07, 6.45) is 6.39. The molecule has 1 aromatic carbocycles. The molecule has 0 aliphatic heterocycles. The molecule has 0 amide bonds. The molecule has 3 nitrogen and oxygen atoms in total. The Kier molecular flexibility index (Phi) is 5.10. The highest BCUT2D eigenvalue weighted by Crippen LogP contribution is 2.54. The Balaban J connectivity index is 0.00000176. The van der Waals surface area contributed by atoms with Gasteiger partial charge in [0.05, 0.1) is 12.7 Å². The highest BCUT2D eigenvalue weighted by Gasteiger charge is 2.57. The van der Waals surface area contributed by atoms with Crippen LogP contribution < -0.4 is 4.74 Å². The molecule has 0 radical (unpaired) electrons. The predicted molar refractivity (Wildman–Crippen MR) is 92.2 cm³/mol. The SMILES string of the molecule is COc1ccc2c(c1)C(CN(C)C)(C1(O)CCCCC1)C2.Cl. The summed E-state index contributed by atoms with van der Waals surface area (Å²) in [4.78, 5) is 2.22. The molecular weight excluding hydrogens is 298 g/mol. The molecule has 3 rings (SSSR count). The molecule has 0 heterocycles. The van der Waals surface area contributed by atoms with E-state index >= 15 is 0 Å². The zero-order chi connectivity index (χ0) is 15.1. The Hall–Kier alpha value is -0.770. The van der Waals surface area contributed by atoms with E-state index in [1.807, 2.05) is 6.07 Å². The fraction of sp³-hybridized carbons (Fsp3) is 0.667. The van der Waals surface area contributed by atoms with Crippen molar-refractivity contribution in [3.63, 3.8) is 0 Å². The van der Waals surface area contributed by atoms with Crippen molar-refractivity contribution in [2.75, 3.05) is 27.7 Å². The number of rotatable bonds is 4. The van der Waals surface area contributed by atoms with Gasteiger partial charge in [-0.25, -0.2) is 0 Å². The van der Waals surface area contributed by atoms with Gasteiger partial charge >= 0.3 is 0 Å². The molecule has 1 N–H and O–H groups in total. The second kappa shape index (κ2) is 6.38. The average Bonchev–Trinajstić information content (AvgIpc) is 2.45. The van der Waals surface area contributed by atoms with Gasteiger partial charge in [-0.05, 0) is 56.6 Å². The lowest BCUT2D eigenvalue weighted by Gasteiger charge is -2.57. The molecule has 4 heteroatoms. The van der Waals surface area contributed by atoms with Gasteiger partial charge in [0.25, 0.3) is 0 Å². The first kappa shape index (κ1) is 17.6. The number of hydrogen-bond donors (Lipinski definition) is 1. The van der Waals surface area contributed by atoms with Gasteiger partial charge in [0, 0.05) is 12.0 Å². The van der Waals surface area contributed by atoms with Crippen LogP contribution in [0.2, 0.25) is 0 Å². The van der Waals surface area contributed by atoms with E-state index in [9.17, 15) is 5.11 Å². The molecule has 2 aliphatic rings. The number of hydrogen-bond acceptors (Lipinski definition) is 3. The minimum atomic E-state index is -0.561. The maximum Gasteiger partial charge on any atom is 0.119 e. The summed E-state index contributed by atoms with van der Waals surface area (Å²) in [5.41, 5.74) is 1.99. The van der Waals surface area contributed by atoms with Crippen LogP contribution in [0.3, 0.4) is 0 Å². The lowest BCUT2D eigenvalue weighted by atomic mass is 9.52. The van der Waals surface area contributed by atoms with Crippen LogP contribution in [0.15, 0.2) is 18.2 Å². The number of likely N-dealkylation sites (N-methyl/N-ethyl adjacent to an activating group) is 1. The van der Waals surface area contributed by atoms with Crippen molar-refractivity contribution in [3.8, 4) is 5.75 Å². The first-order valence-corrected chi connectivity index (χ1v) is 8.05. The summed E-state index contributed by atoms with van der Waals surface area (Å²) in [7, 11) is 5.92. The van der Waals surface area contributed by atoms with E-state index in [4.69, 9.17) is 4.74 Å². The summed E-state index contributed by atoms with van der Waals surface area (Å²) >= 11 is 0. The van der Waals surface area contributed by atoms with Gasteiger partial charge in [-0.15, -0.1) is 12.4 Å². The standard InChI is InChI=1S/C18H27NO2.ClH/c1-19(2)13-17(18(20)9-5-4-6-10-18)12-14-7-8-15(21-3)11-16(14)17;/h7-8,11,20H,4-6,9-10,12-13H2,1-3H3;1H. The first-order chi connectivity index (χ1) is 10.0. The minimum Gasteiger partial charge on any atom is -0.497 e. The summed E-state index contributed by atoms with van der Waals surface area (Å²) in [5, 5.41) is 11.4. The number of benzene rings is 1. The maximum atomic E-state index is 11.4. The van der Waals surface area contributed by atoms with Crippen LogP contribution in [0.5, 0.6) is 5.75 Å². The molecule has 22 heavy (non-hydrogen) atoms. The van der Waals surface area contributed by atoms with E-state index in [1.165, 1.54) is 17.5 Å². The number of fused-ring (bicyclic) bond motifs is 1.